The van der Waals surface area contributed by atoms with Crippen LogP contribution in [0.1, 0.15) is 173 Å². The van der Waals surface area contributed by atoms with Gasteiger partial charge >= 0.3 is 0 Å². The van der Waals surface area contributed by atoms with Crippen molar-refractivity contribution >= 4 is 57.5 Å². The van der Waals surface area contributed by atoms with Gasteiger partial charge < -0.3 is 29.7 Å². The predicted molar refractivity (Wildman–Crippen MR) is 283 cm³/mol. The fourth-order valence-electron chi connectivity index (χ4n) is 11.9. The summed E-state index contributed by atoms with van der Waals surface area (Å²) in [7, 11) is 1.80. The third kappa shape index (κ3) is 12.3. The smallest absolute Gasteiger partial charge is 0.276 e. The highest BCUT2D eigenvalue weighted by Gasteiger charge is 2.43. The molecule has 10 rings (SSSR count). The van der Waals surface area contributed by atoms with Crippen LogP contribution in [0.25, 0.3) is 11.0 Å². The Morgan fingerprint density at radius 3 is 2.39 bits per heavy atom. The van der Waals surface area contributed by atoms with Crippen LogP contribution in [0.3, 0.4) is 0 Å². The second-order valence-electron chi connectivity index (χ2n) is 21.4. The van der Waals surface area contributed by atoms with Crippen LogP contribution in [-0.2, 0) is 38.1 Å². The molecule has 2 N–H and O–H groups in total. The minimum Gasteiger partial charge on any atom is -0.378 e. The van der Waals surface area contributed by atoms with Crippen LogP contribution >= 0.6 is 11.3 Å². The van der Waals surface area contributed by atoms with Gasteiger partial charge in [0.05, 0.1) is 30.7 Å². The zero-order valence-corrected chi connectivity index (χ0v) is 44.2. The fourth-order valence-corrected chi connectivity index (χ4v) is 13.0. The van der Waals surface area contributed by atoms with Crippen LogP contribution in [0.5, 0.6) is 0 Å². The number of aromatic nitrogens is 3. The van der Waals surface area contributed by atoms with Crippen molar-refractivity contribution in [3.05, 3.63) is 79.5 Å². The third-order valence-corrected chi connectivity index (χ3v) is 17.4. The number of benzene rings is 1. The Morgan fingerprint density at radius 2 is 1.62 bits per heavy atom. The molecule has 0 saturated carbocycles. The summed E-state index contributed by atoms with van der Waals surface area (Å²) in [6.45, 7) is 7.24. The van der Waals surface area contributed by atoms with Gasteiger partial charge in [0.2, 0.25) is 17.7 Å². The molecule has 15 nitrogen and oxygen atoms in total. The molecule has 8 bridgehead atoms. The van der Waals surface area contributed by atoms with Crippen molar-refractivity contribution < 1.29 is 32.7 Å². The highest BCUT2D eigenvalue weighted by atomic mass is 32.1. The molecule has 400 valence electrons. The summed E-state index contributed by atoms with van der Waals surface area (Å²) in [5.74, 6) is -3.93. The molecule has 3 saturated heterocycles. The summed E-state index contributed by atoms with van der Waals surface area (Å²) in [5, 5.41) is 8.46. The molecular formula is C56H75F2N9O6S. The summed E-state index contributed by atoms with van der Waals surface area (Å²) in [6.07, 6.45) is 17.4. The first-order valence-electron chi connectivity index (χ1n) is 27.5. The number of hydrogen-bond acceptors (Lipinski definition) is 12. The zero-order chi connectivity index (χ0) is 51.8. The van der Waals surface area contributed by atoms with E-state index in [1.165, 1.54) is 17.7 Å². The van der Waals surface area contributed by atoms with Crippen molar-refractivity contribution in [2.24, 2.45) is 5.92 Å². The molecule has 6 aliphatic rings. The van der Waals surface area contributed by atoms with Crippen molar-refractivity contribution in [3.63, 3.8) is 0 Å². The lowest BCUT2D eigenvalue weighted by molar-refractivity contribution is -0.137. The maximum absolute atomic E-state index is 16.2. The van der Waals surface area contributed by atoms with Gasteiger partial charge in [0.1, 0.15) is 29.5 Å². The summed E-state index contributed by atoms with van der Waals surface area (Å²) in [6, 6.07) is 7.68. The van der Waals surface area contributed by atoms with Gasteiger partial charge in [0.25, 0.3) is 17.4 Å². The lowest BCUT2D eigenvalue weighted by Crippen LogP contribution is -2.52. The summed E-state index contributed by atoms with van der Waals surface area (Å²) in [4.78, 5) is 83.7. The van der Waals surface area contributed by atoms with E-state index in [2.05, 4.69) is 20.4 Å². The maximum atomic E-state index is 16.2. The van der Waals surface area contributed by atoms with Gasteiger partial charge in [-0.05, 0) is 94.8 Å². The molecule has 18 heteroatoms. The minimum atomic E-state index is -2.93. The van der Waals surface area contributed by atoms with Crippen molar-refractivity contribution in [1.29, 1.82) is 0 Å². The van der Waals surface area contributed by atoms with E-state index in [4.69, 9.17) is 14.7 Å². The van der Waals surface area contributed by atoms with Gasteiger partial charge in [-0.15, -0.1) is 11.3 Å². The van der Waals surface area contributed by atoms with Crippen molar-refractivity contribution in [2.75, 3.05) is 63.2 Å². The average Bonchev–Trinajstić information content (AvgIpc) is 3.95. The monoisotopic (exact) mass is 1040 g/mol. The molecule has 0 spiro atoms. The van der Waals surface area contributed by atoms with E-state index in [0.29, 0.717) is 101 Å². The van der Waals surface area contributed by atoms with E-state index >= 15 is 8.78 Å². The number of anilines is 2. The number of alkyl halides is 2. The van der Waals surface area contributed by atoms with E-state index in [1.54, 1.807) is 35.0 Å². The number of ether oxygens (including phenoxy) is 1. The predicted octanol–water partition coefficient (Wildman–Crippen LogP) is 9.49. The third-order valence-electron chi connectivity index (χ3n) is 16.4. The number of piperidine rings is 2. The number of hydrogen-bond donors (Lipinski definition) is 2. The minimum absolute atomic E-state index is 0.0476. The van der Waals surface area contributed by atoms with Gasteiger partial charge in [-0.3, -0.25) is 33.9 Å². The number of carbonyl (C=O) groups is 4. The Balaban J connectivity index is 0.804. The molecule has 0 radical (unpaired) electrons. The molecule has 0 aliphatic carbocycles. The molecule has 4 amide bonds. The van der Waals surface area contributed by atoms with Gasteiger partial charge in [-0.1, -0.05) is 82.4 Å². The highest BCUT2D eigenvalue weighted by molar-refractivity contribution is 7.10. The Hall–Kier alpha value is -5.33. The largest absolute Gasteiger partial charge is 0.378 e. The lowest BCUT2D eigenvalue weighted by atomic mass is 9.85. The summed E-state index contributed by atoms with van der Waals surface area (Å²) < 4.78 is 40.0. The number of thiophene rings is 1. The second kappa shape index (κ2) is 24.6. The number of carbonyl (C=O) groups excluding carboxylic acids is 4. The van der Waals surface area contributed by atoms with Crippen LogP contribution in [-0.4, -0.2) is 112 Å². The van der Waals surface area contributed by atoms with Gasteiger partial charge in [0.15, 0.2) is 0 Å². The summed E-state index contributed by atoms with van der Waals surface area (Å²) in [5.41, 5.74) is 3.41. The van der Waals surface area contributed by atoms with Crippen LogP contribution in [0.2, 0.25) is 0 Å². The standard InChI is InChI=1S/C56H75F2N9O6S/c1-38-39-16-15-17-41(32-39)56(57,58)40-23-26-64(27-24-40)25-14-10-9-12-19-42(67-52-43(51(61-38)59-37-60-52)33-47(55(67)72)65-28-30-73-31-29-65)18-11-7-5-3-4-6-8-13-20-50(69)63(2)35-48-44-34-66(54(71)45(44)36-74-48)46-21-22-49(68)62-53(46)70/h15-17,32-33,36-38,40,42,46H,3-14,18-31,34-35H2,1-2H3,(H,59,60,61)(H,62,68,70)/t38-,42?,46?/m1/s1. The Bertz CT molecular complexity index is 2680. The number of nitrogens with one attached hydrogen (secondary N) is 2. The first kappa shape index (κ1) is 53.5. The highest BCUT2D eigenvalue weighted by Crippen LogP contribution is 2.43. The molecule has 2 unspecified atom stereocenters. The Labute approximate surface area is 437 Å². The SMILES string of the molecule is C[C@H]1Nc2ncnc3c2cc(N2CCOCC2)c(=O)n3C(CCCCCCCCCCC(=O)N(C)Cc2scc3c2CN(C2CCC(=O)NC2=O)C3=O)CCCCCCN2CCC(CC2)C(F)(F)c2cccc1c2. The average molecular weight is 1040 g/mol. The number of imide groups is 1. The number of nitrogens with zero attached hydrogens (tertiary/aromatic N) is 7. The Morgan fingerprint density at radius 1 is 0.878 bits per heavy atom. The van der Waals surface area contributed by atoms with Crippen molar-refractivity contribution in [1.82, 2.24) is 34.6 Å². The van der Waals surface area contributed by atoms with Crippen molar-refractivity contribution in [3.8, 4) is 0 Å². The molecule has 1 aromatic carbocycles. The number of fused-ring (bicyclic) bond motifs is 10. The van der Waals surface area contributed by atoms with E-state index in [9.17, 15) is 24.0 Å². The fraction of sp³-hybridized carbons (Fsp3) is 0.625. The van der Waals surface area contributed by atoms with Gasteiger partial charge in [0, 0.05) is 73.3 Å². The quantitative estimate of drug-likeness (QED) is 0.0862. The van der Waals surface area contributed by atoms with Gasteiger partial charge in [-0.25, -0.2) is 18.7 Å². The number of halogens is 2. The molecular weight excluding hydrogens is 965 g/mol. The Kier molecular flexibility index (Phi) is 17.8. The van der Waals surface area contributed by atoms with Crippen LogP contribution in [0.15, 0.2) is 46.8 Å². The number of morpholine rings is 1. The maximum Gasteiger partial charge on any atom is 0.276 e. The number of pyridine rings is 1. The van der Waals surface area contributed by atoms with Crippen LogP contribution in [0.4, 0.5) is 20.3 Å². The van der Waals surface area contributed by atoms with Crippen LogP contribution in [0, 0.1) is 5.92 Å². The number of rotatable bonds is 15. The summed E-state index contributed by atoms with van der Waals surface area (Å²) >= 11 is 1.47. The van der Waals surface area contributed by atoms with Gasteiger partial charge in [-0.2, -0.15) is 0 Å². The van der Waals surface area contributed by atoms with E-state index in [1.807, 2.05) is 29.0 Å². The molecule has 9 heterocycles. The molecule has 3 aromatic heterocycles. The molecule has 6 aliphatic heterocycles. The number of unbranched alkanes of at least 4 members (excludes halogenated alkanes) is 7. The normalized spacial score (nSPS) is 23.6. The van der Waals surface area contributed by atoms with E-state index < -0.39 is 23.8 Å². The van der Waals surface area contributed by atoms with E-state index in [0.717, 1.165) is 118 Å². The first-order valence-corrected chi connectivity index (χ1v) is 28.4. The first-order chi connectivity index (χ1) is 35.9. The molecule has 4 aromatic rings. The molecule has 3 fully saturated rings. The van der Waals surface area contributed by atoms with Crippen LogP contribution < -0.4 is 21.1 Å². The molecule has 3 atom stereocenters. The van der Waals surface area contributed by atoms with Crippen molar-refractivity contribution in [2.45, 2.75) is 166 Å². The molecule has 74 heavy (non-hydrogen) atoms. The van der Waals surface area contributed by atoms with E-state index in [-0.39, 0.29) is 47.3 Å². The lowest BCUT2D eigenvalue weighted by Gasteiger charge is -2.36. The second-order valence-corrected chi connectivity index (χ2v) is 22.4. The number of amides is 4. The topological polar surface area (TPSA) is 162 Å². The zero-order valence-electron chi connectivity index (χ0n) is 43.4.